The molecule has 2 atom stereocenters. The van der Waals surface area contributed by atoms with E-state index in [2.05, 4.69) is 5.10 Å². The van der Waals surface area contributed by atoms with Crippen LogP contribution in [0.5, 0.6) is 0 Å². The Morgan fingerprint density at radius 3 is 2.80 bits per heavy atom. The van der Waals surface area contributed by atoms with E-state index < -0.39 is 0 Å². The van der Waals surface area contributed by atoms with E-state index >= 15 is 0 Å². The van der Waals surface area contributed by atoms with Crippen LogP contribution in [0.4, 0.5) is 0 Å². The van der Waals surface area contributed by atoms with Gasteiger partial charge in [-0.25, -0.2) is 0 Å². The van der Waals surface area contributed by atoms with Crippen LogP contribution >= 0.6 is 11.6 Å². The number of nitrogens with zero attached hydrogens (tertiary/aromatic N) is 2. The minimum Gasteiger partial charge on any atom is -0.330 e. The first-order valence-corrected chi connectivity index (χ1v) is 7.96. The minimum atomic E-state index is 0.112. The van der Waals surface area contributed by atoms with E-state index in [9.17, 15) is 4.79 Å². The average Bonchev–Trinajstić information content (AvgIpc) is 3.04. The summed E-state index contributed by atoms with van der Waals surface area (Å²) in [6, 6.07) is 0. The summed E-state index contributed by atoms with van der Waals surface area (Å²) in [5.41, 5.74) is 7.53. The summed E-state index contributed by atoms with van der Waals surface area (Å²) in [4.78, 5) is 12.5. The van der Waals surface area contributed by atoms with E-state index in [1.165, 1.54) is 0 Å². The predicted octanol–water partition coefficient (Wildman–Crippen LogP) is 2.61. The summed E-state index contributed by atoms with van der Waals surface area (Å²) in [7, 11) is 0. The number of aromatic nitrogens is 2. The molecule has 0 aromatic carbocycles. The molecule has 1 aromatic rings. The van der Waals surface area contributed by atoms with E-state index in [0.717, 1.165) is 43.6 Å². The number of aryl methyl sites for hydroxylation is 2. The van der Waals surface area contributed by atoms with Gasteiger partial charge in [-0.05, 0) is 38.6 Å². The van der Waals surface area contributed by atoms with Gasteiger partial charge in [-0.1, -0.05) is 24.9 Å². The topological polar surface area (TPSA) is 60.9 Å². The van der Waals surface area contributed by atoms with Crippen molar-refractivity contribution in [1.82, 2.24) is 9.78 Å². The maximum Gasteiger partial charge on any atom is 0.142 e. The van der Waals surface area contributed by atoms with Gasteiger partial charge in [-0.2, -0.15) is 5.10 Å². The van der Waals surface area contributed by atoms with Crippen molar-refractivity contribution in [3.63, 3.8) is 0 Å². The third kappa shape index (κ3) is 2.91. The van der Waals surface area contributed by atoms with Gasteiger partial charge in [0.25, 0.3) is 0 Å². The third-order valence-electron chi connectivity index (χ3n) is 4.41. The van der Waals surface area contributed by atoms with Crippen molar-refractivity contribution in [3.05, 3.63) is 16.4 Å². The Kier molecular flexibility index (Phi) is 5.22. The lowest BCUT2D eigenvalue weighted by atomic mass is 9.90. The molecule has 5 heteroatoms. The summed E-state index contributed by atoms with van der Waals surface area (Å²) in [6.07, 6.45) is 4.34. The number of nitrogens with two attached hydrogens (primary N) is 1. The van der Waals surface area contributed by atoms with Gasteiger partial charge in [0.15, 0.2) is 0 Å². The number of carbonyl (C=O) groups is 1. The van der Waals surface area contributed by atoms with Gasteiger partial charge in [-0.15, -0.1) is 0 Å². The Balaban J connectivity index is 2.17. The van der Waals surface area contributed by atoms with Crippen LogP contribution in [0.3, 0.4) is 0 Å². The monoisotopic (exact) mass is 297 g/mol. The smallest absolute Gasteiger partial charge is 0.142 e. The lowest BCUT2D eigenvalue weighted by Crippen LogP contribution is -2.27. The zero-order valence-electron chi connectivity index (χ0n) is 12.4. The van der Waals surface area contributed by atoms with Gasteiger partial charge in [0.2, 0.25) is 0 Å². The van der Waals surface area contributed by atoms with Crippen LogP contribution in [0.15, 0.2) is 0 Å². The zero-order chi connectivity index (χ0) is 14.7. The summed E-state index contributed by atoms with van der Waals surface area (Å²) in [5, 5.41) is 5.14. The van der Waals surface area contributed by atoms with Gasteiger partial charge in [0.05, 0.1) is 22.8 Å². The lowest BCUT2D eigenvalue weighted by molar-refractivity contribution is -0.123. The Labute approximate surface area is 125 Å². The maximum atomic E-state index is 12.5. The minimum absolute atomic E-state index is 0.112. The van der Waals surface area contributed by atoms with Crippen LogP contribution in [-0.2, 0) is 24.2 Å². The van der Waals surface area contributed by atoms with Crippen molar-refractivity contribution < 1.29 is 4.79 Å². The molecule has 20 heavy (non-hydrogen) atoms. The van der Waals surface area contributed by atoms with Crippen LogP contribution in [0.25, 0.3) is 0 Å². The molecule has 4 nitrogen and oxygen atoms in total. The molecule has 1 aromatic heterocycles. The largest absolute Gasteiger partial charge is 0.330 e. The summed E-state index contributed by atoms with van der Waals surface area (Å²) in [5.74, 6) is 0.739. The van der Waals surface area contributed by atoms with Crippen molar-refractivity contribution in [2.45, 2.75) is 52.5 Å². The fourth-order valence-corrected chi connectivity index (χ4v) is 3.56. The quantitative estimate of drug-likeness (QED) is 0.878. The van der Waals surface area contributed by atoms with Crippen LogP contribution < -0.4 is 5.73 Å². The molecule has 2 unspecified atom stereocenters. The van der Waals surface area contributed by atoms with Gasteiger partial charge in [-0.3, -0.25) is 9.48 Å². The highest BCUT2D eigenvalue weighted by molar-refractivity contribution is 6.32. The van der Waals surface area contributed by atoms with Crippen LogP contribution in [0.2, 0.25) is 5.02 Å². The van der Waals surface area contributed by atoms with Crippen molar-refractivity contribution >= 4 is 17.4 Å². The molecule has 0 bridgehead atoms. The molecule has 1 heterocycles. The number of ketones is 1. The number of rotatable bonds is 6. The van der Waals surface area contributed by atoms with E-state index in [1.54, 1.807) is 0 Å². The van der Waals surface area contributed by atoms with E-state index in [4.69, 9.17) is 17.3 Å². The number of hydrogen-bond acceptors (Lipinski definition) is 3. The predicted molar refractivity (Wildman–Crippen MR) is 80.9 cm³/mol. The number of carbonyl (C=O) groups excluding carboxylic acids is 1. The lowest BCUT2D eigenvalue weighted by Gasteiger charge is -2.16. The number of halogens is 1. The van der Waals surface area contributed by atoms with Crippen LogP contribution in [0.1, 0.15) is 44.5 Å². The van der Waals surface area contributed by atoms with Crippen molar-refractivity contribution in [2.75, 3.05) is 6.54 Å². The second-order valence-corrected chi connectivity index (χ2v) is 5.93. The molecule has 0 amide bonds. The molecule has 0 radical (unpaired) electrons. The van der Waals surface area contributed by atoms with Gasteiger partial charge in [0, 0.05) is 12.5 Å². The third-order valence-corrected chi connectivity index (χ3v) is 4.85. The molecule has 112 valence electrons. The molecule has 0 saturated heterocycles. The maximum absolute atomic E-state index is 12.5. The molecule has 2 rings (SSSR count). The molecule has 0 spiro atoms. The van der Waals surface area contributed by atoms with Crippen LogP contribution in [0, 0.1) is 11.8 Å². The number of Topliss-reactive ketones (excluding diaryl/α,β-unsaturated/α-hetero) is 1. The normalized spacial score (nSPS) is 22.4. The molecule has 1 aliphatic carbocycles. The first-order chi connectivity index (χ1) is 9.62. The Morgan fingerprint density at radius 2 is 2.20 bits per heavy atom. The van der Waals surface area contributed by atoms with E-state index in [0.29, 0.717) is 23.9 Å². The van der Waals surface area contributed by atoms with Crippen LogP contribution in [-0.4, -0.2) is 22.1 Å². The van der Waals surface area contributed by atoms with Crippen molar-refractivity contribution in [3.8, 4) is 0 Å². The van der Waals surface area contributed by atoms with Gasteiger partial charge in [0.1, 0.15) is 5.78 Å². The first-order valence-electron chi connectivity index (χ1n) is 7.59. The molecular formula is C15H24ClN3O. The molecular weight excluding hydrogens is 274 g/mol. The molecule has 2 N–H and O–H groups in total. The fourth-order valence-electron chi connectivity index (χ4n) is 3.23. The Morgan fingerprint density at radius 1 is 1.45 bits per heavy atom. The van der Waals surface area contributed by atoms with Gasteiger partial charge >= 0.3 is 0 Å². The summed E-state index contributed by atoms with van der Waals surface area (Å²) in [6.45, 7) is 5.40. The second kappa shape index (κ2) is 6.72. The molecule has 1 fully saturated rings. The summed E-state index contributed by atoms with van der Waals surface area (Å²) >= 11 is 6.37. The van der Waals surface area contributed by atoms with Crippen molar-refractivity contribution in [1.29, 1.82) is 0 Å². The van der Waals surface area contributed by atoms with Gasteiger partial charge < -0.3 is 5.73 Å². The highest BCUT2D eigenvalue weighted by atomic mass is 35.5. The Bertz CT molecular complexity index is 484. The average molecular weight is 298 g/mol. The molecule has 0 aliphatic heterocycles. The highest BCUT2D eigenvalue weighted by Crippen LogP contribution is 2.33. The van der Waals surface area contributed by atoms with E-state index in [1.807, 2.05) is 18.5 Å². The molecule has 1 saturated carbocycles. The standard InChI is InChI=1S/C15H24ClN3O/c1-3-12-15(16)13(19(4-2)18-12)8-14(20)11-7-5-6-10(11)9-17/h10-11H,3-9,17H2,1-2H3. The zero-order valence-corrected chi connectivity index (χ0v) is 13.1. The molecule has 1 aliphatic rings. The Hall–Kier alpha value is -0.870. The first kappa shape index (κ1) is 15.5. The van der Waals surface area contributed by atoms with E-state index in [-0.39, 0.29) is 11.7 Å². The summed E-state index contributed by atoms with van der Waals surface area (Å²) < 4.78 is 1.87. The SMILES string of the molecule is CCc1nn(CC)c(CC(=O)C2CCCC2CN)c1Cl. The van der Waals surface area contributed by atoms with Crippen molar-refractivity contribution in [2.24, 2.45) is 17.6 Å². The number of hydrogen-bond donors (Lipinski definition) is 1. The second-order valence-electron chi connectivity index (χ2n) is 5.55. The highest BCUT2D eigenvalue weighted by Gasteiger charge is 2.32. The fraction of sp³-hybridized carbons (Fsp3) is 0.733.